The van der Waals surface area contributed by atoms with Crippen LogP contribution in [-0.4, -0.2) is 29.0 Å². The highest BCUT2D eigenvalue weighted by Crippen LogP contribution is 2.20. The number of aryl methyl sites for hydroxylation is 1. The third-order valence-electron chi connectivity index (χ3n) is 2.71. The lowest BCUT2D eigenvalue weighted by molar-refractivity contribution is -0.385. The number of nitro groups is 1. The van der Waals surface area contributed by atoms with E-state index in [2.05, 4.69) is 10.3 Å². The standard InChI is InChI=1S/C12H17N3O4/c1-7(2)11(12(16)19-4)14-10-5-8(3)9(6-13-10)15(17)18/h5-7,11H,1-4H3,(H,13,14). The summed E-state index contributed by atoms with van der Waals surface area (Å²) in [7, 11) is 1.31. The summed E-state index contributed by atoms with van der Waals surface area (Å²) in [6.45, 7) is 5.35. The predicted octanol–water partition coefficient (Wildman–Crippen LogP) is 1.91. The van der Waals surface area contributed by atoms with Gasteiger partial charge in [-0.2, -0.15) is 0 Å². The molecule has 0 saturated heterocycles. The molecule has 0 fully saturated rings. The first-order chi connectivity index (χ1) is 8.86. The predicted molar refractivity (Wildman–Crippen MR) is 69.9 cm³/mol. The van der Waals surface area contributed by atoms with Crippen LogP contribution >= 0.6 is 0 Å². The molecule has 1 rings (SSSR count). The summed E-state index contributed by atoms with van der Waals surface area (Å²) >= 11 is 0. The van der Waals surface area contributed by atoms with Crippen LogP contribution in [0.3, 0.4) is 0 Å². The molecule has 0 bridgehead atoms. The van der Waals surface area contributed by atoms with E-state index in [1.165, 1.54) is 19.4 Å². The van der Waals surface area contributed by atoms with Crippen molar-refractivity contribution in [3.05, 3.63) is 27.9 Å². The van der Waals surface area contributed by atoms with Gasteiger partial charge in [0.05, 0.1) is 12.0 Å². The minimum Gasteiger partial charge on any atom is -0.467 e. The average Bonchev–Trinajstić information content (AvgIpc) is 2.34. The Morgan fingerprint density at radius 1 is 1.53 bits per heavy atom. The molecule has 7 heteroatoms. The Hall–Kier alpha value is -2.18. The van der Waals surface area contributed by atoms with Crippen LogP contribution < -0.4 is 5.32 Å². The van der Waals surface area contributed by atoms with Crippen LogP contribution in [0.15, 0.2) is 12.3 Å². The molecule has 7 nitrogen and oxygen atoms in total. The number of carbonyl (C=O) groups excluding carboxylic acids is 1. The van der Waals surface area contributed by atoms with Gasteiger partial charge >= 0.3 is 5.97 Å². The van der Waals surface area contributed by atoms with Gasteiger partial charge in [-0.1, -0.05) is 13.8 Å². The van der Waals surface area contributed by atoms with Crippen molar-refractivity contribution >= 4 is 17.5 Å². The number of nitrogens with one attached hydrogen (secondary N) is 1. The lowest BCUT2D eigenvalue weighted by Gasteiger charge is -2.20. The zero-order chi connectivity index (χ0) is 14.6. The summed E-state index contributed by atoms with van der Waals surface area (Å²) in [5, 5.41) is 13.6. The SMILES string of the molecule is COC(=O)C(Nc1cc(C)c([N+](=O)[O-])cn1)C(C)C. The zero-order valence-electron chi connectivity index (χ0n) is 11.3. The van der Waals surface area contributed by atoms with Crippen LogP contribution in [0.25, 0.3) is 0 Å². The van der Waals surface area contributed by atoms with Crippen LogP contribution in [0.4, 0.5) is 11.5 Å². The fourth-order valence-electron chi connectivity index (χ4n) is 1.60. The van der Waals surface area contributed by atoms with E-state index in [1.54, 1.807) is 6.92 Å². The van der Waals surface area contributed by atoms with Crippen molar-refractivity contribution in [2.75, 3.05) is 12.4 Å². The maximum absolute atomic E-state index is 11.6. The maximum atomic E-state index is 11.6. The molecule has 19 heavy (non-hydrogen) atoms. The number of aromatic nitrogens is 1. The molecule has 0 aromatic carbocycles. The van der Waals surface area contributed by atoms with E-state index in [-0.39, 0.29) is 11.6 Å². The number of anilines is 1. The van der Waals surface area contributed by atoms with E-state index in [4.69, 9.17) is 4.74 Å². The van der Waals surface area contributed by atoms with Crippen molar-refractivity contribution in [3.8, 4) is 0 Å². The topological polar surface area (TPSA) is 94.4 Å². The van der Waals surface area contributed by atoms with Gasteiger partial charge in [0, 0.05) is 5.56 Å². The first-order valence-corrected chi connectivity index (χ1v) is 5.82. The molecule has 104 valence electrons. The number of rotatable bonds is 5. The Bertz CT molecular complexity index is 488. The summed E-state index contributed by atoms with van der Waals surface area (Å²) in [4.78, 5) is 25.7. The normalized spacial score (nSPS) is 12.1. The van der Waals surface area contributed by atoms with Crippen LogP contribution in [0, 0.1) is 23.0 Å². The Balaban J connectivity index is 2.95. The van der Waals surface area contributed by atoms with Crippen LogP contribution in [0.5, 0.6) is 0 Å². The molecule has 0 amide bonds. The highest BCUT2D eigenvalue weighted by molar-refractivity contribution is 5.79. The summed E-state index contributed by atoms with van der Waals surface area (Å²) in [5.74, 6) is 0.0183. The lowest BCUT2D eigenvalue weighted by atomic mass is 10.0. The van der Waals surface area contributed by atoms with Gasteiger partial charge in [-0.05, 0) is 18.9 Å². The Morgan fingerprint density at radius 2 is 2.16 bits per heavy atom. The molecular formula is C12H17N3O4. The van der Waals surface area contributed by atoms with E-state index in [9.17, 15) is 14.9 Å². The monoisotopic (exact) mass is 267 g/mol. The number of ether oxygens (including phenoxy) is 1. The quantitative estimate of drug-likeness (QED) is 0.497. The molecule has 0 aliphatic rings. The van der Waals surface area contributed by atoms with E-state index < -0.39 is 16.9 Å². The van der Waals surface area contributed by atoms with Crippen molar-refractivity contribution < 1.29 is 14.5 Å². The number of hydrogen-bond acceptors (Lipinski definition) is 6. The molecule has 0 saturated carbocycles. The fraction of sp³-hybridized carbons (Fsp3) is 0.500. The Labute approximate surface area is 111 Å². The van der Waals surface area contributed by atoms with Gasteiger partial charge in [0.25, 0.3) is 5.69 Å². The van der Waals surface area contributed by atoms with E-state index in [1.807, 2.05) is 13.8 Å². The average molecular weight is 267 g/mol. The molecule has 1 unspecified atom stereocenters. The van der Waals surface area contributed by atoms with Crippen LogP contribution in [-0.2, 0) is 9.53 Å². The summed E-state index contributed by atoms with van der Waals surface area (Å²) < 4.78 is 4.70. The Morgan fingerprint density at radius 3 is 2.58 bits per heavy atom. The minimum atomic E-state index is -0.543. The van der Waals surface area contributed by atoms with Gasteiger partial charge in [0.2, 0.25) is 0 Å². The molecule has 1 atom stereocenters. The smallest absolute Gasteiger partial charge is 0.328 e. The summed E-state index contributed by atoms with van der Waals surface area (Å²) in [5.41, 5.74) is 0.430. The second-order valence-corrected chi connectivity index (χ2v) is 4.50. The minimum absolute atomic E-state index is 0.00440. The highest BCUT2D eigenvalue weighted by atomic mass is 16.6. The van der Waals surface area contributed by atoms with Gasteiger partial charge in [0.1, 0.15) is 18.1 Å². The van der Waals surface area contributed by atoms with Crippen molar-refractivity contribution in [1.82, 2.24) is 4.98 Å². The second kappa shape index (κ2) is 6.12. The first-order valence-electron chi connectivity index (χ1n) is 5.82. The number of carbonyl (C=O) groups is 1. The van der Waals surface area contributed by atoms with Crippen molar-refractivity contribution in [2.45, 2.75) is 26.8 Å². The van der Waals surface area contributed by atoms with Gasteiger partial charge in [-0.25, -0.2) is 9.78 Å². The van der Waals surface area contributed by atoms with Gasteiger partial charge in [-0.15, -0.1) is 0 Å². The first kappa shape index (κ1) is 14.9. The van der Waals surface area contributed by atoms with Gasteiger partial charge in [0.15, 0.2) is 0 Å². The largest absolute Gasteiger partial charge is 0.467 e. The van der Waals surface area contributed by atoms with Crippen molar-refractivity contribution in [2.24, 2.45) is 5.92 Å². The summed E-state index contributed by atoms with van der Waals surface area (Å²) in [6.07, 6.45) is 1.17. The van der Waals surface area contributed by atoms with Crippen molar-refractivity contribution in [1.29, 1.82) is 0 Å². The molecule has 1 aromatic rings. The molecule has 0 aliphatic carbocycles. The van der Waals surface area contributed by atoms with Gasteiger partial charge in [-0.3, -0.25) is 10.1 Å². The third kappa shape index (κ3) is 3.64. The number of methoxy groups -OCH3 is 1. The van der Waals surface area contributed by atoms with Gasteiger partial charge < -0.3 is 10.1 Å². The lowest BCUT2D eigenvalue weighted by Crippen LogP contribution is -2.35. The highest BCUT2D eigenvalue weighted by Gasteiger charge is 2.23. The second-order valence-electron chi connectivity index (χ2n) is 4.50. The molecular weight excluding hydrogens is 250 g/mol. The summed E-state index contributed by atoms with van der Waals surface area (Å²) in [6, 6.07) is 0.995. The van der Waals surface area contributed by atoms with E-state index in [0.29, 0.717) is 11.4 Å². The van der Waals surface area contributed by atoms with E-state index >= 15 is 0 Å². The van der Waals surface area contributed by atoms with Crippen molar-refractivity contribution in [3.63, 3.8) is 0 Å². The number of esters is 1. The molecule has 0 radical (unpaired) electrons. The zero-order valence-corrected chi connectivity index (χ0v) is 11.3. The maximum Gasteiger partial charge on any atom is 0.328 e. The number of pyridine rings is 1. The molecule has 1 aromatic heterocycles. The molecule has 1 heterocycles. The third-order valence-corrected chi connectivity index (χ3v) is 2.71. The molecule has 0 spiro atoms. The number of nitrogens with zero attached hydrogens (tertiary/aromatic N) is 2. The fourth-order valence-corrected chi connectivity index (χ4v) is 1.60. The molecule has 1 N–H and O–H groups in total. The van der Waals surface area contributed by atoms with Crippen LogP contribution in [0.1, 0.15) is 19.4 Å². The Kier molecular flexibility index (Phi) is 4.80. The van der Waals surface area contributed by atoms with E-state index in [0.717, 1.165) is 0 Å². The van der Waals surface area contributed by atoms with Crippen LogP contribution in [0.2, 0.25) is 0 Å². The number of hydrogen-bond donors (Lipinski definition) is 1. The molecule has 0 aliphatic heterocycles.